The molecule has 3 amide bonds. The number of aryl methyl sites for hydroxylation is 1. The second-order valence-electron chi connectivity index (χ2n) is 14.0. The summed E-state index contributed by atoms with van der Waals surface area (Å²) in [5.41, 5.74) is 2.42. The molecular formula is C40H34F4N6O4S. The van der Waals surface area contributed by atoms with E-state index in [0.29, 0.717) is 38.8 Å². The third-order valence-electron chi connectivity index (χ3n) is 10.2. The summed E-state index contributed by atoms with van der Waals surface area (Å²) in [5.74, 6) is -2.13. The lowest BCUT2D eigenvalue weighted by Crippen LogP contribution is -2.59. The number of halogens is 4. The first-order valence-electron chi connectivity index (χ1n) is 17.7. The number of amides is 3. The molecule has 2 saturated heterocycles. The normalized spacial score (nSPS) is 16.1. The molecule has 1 spiro atoms. The quantitative estimate of drug-likeness (QED) is 0.168. The maximum atomic E-state index is 15.9. The number of pyridine rings is 2. The van der Waals surface area contributed by atoms with Gasteiger partial charge < -0.3 is 25.2 Å². The molecule has 3 aromatic heterocycles. The summed E-state index contributed by atoms with van der Waals surface area (Å²) in [6, 6.07) is 18.4. The highest BCUT2D eigenvalue weighted by Crippen LogP contribution is 2.45. The molecule has 2 N–H and O–H groups in total. The highest BCUT2D eigenvalue weighted by atomic mass is 32.1. The SMILES string of the molecule is Cc1cnc(N2CC3(CCOCC3)C2)c(C(=O)Nc2ccc(C(=O)N3CCc4c(sc(C(=O)Nc5cccc(C(F)(F)F)n5)c4F)-c4ccccc43)cc2)c1. The van der Waals surface area contributed by atoms with E-state index in [2.05, 4.69) is 25.5 Å². The molecule has 8 rings (SSSR count). The first kappa shape index (κ1) is 36.3. The summed E-state index contributed by atoms with van der Waals surface area (Å²) in [4.78, 5) is 52.6. The predicted octanol–water partition coefficient (Wildman–Crippen LogP) is 8.00. The number of hydrogen-bond donors (Lipinski definition) is 2. The molecule has 55 heavy (non-hydrogen) atoms. The number of hydrogen-bond acceptors (Lipinski definition) is 8. The minimum atomic E-state index is -4.72. The van der Waals surface area contributed by atoms with Gasteiger partial charge >= 0.3 is 6.18 Å². The number of para-hydroxylation sites is 1. The van der Waals surface area contributed by atoms with Crippen LogP contribution in [0.2, 0.25) is 0 Å². The van der Waals surface area contributed by atoms with Crippen molar-refractivity contribution < 1.29 is 36.7 Å². The highest BCUT2D eigenvalue weighted by Gasteiger charge is 2.45. The zero-order valence-corrected chi connectivity index (χ0v) is 30.3. The average Bonchev–Trinajstić information content (AvgIpc) is 3.40. The van der Waals surface area contributed by atoms with Gasteiger partial charge in [-0.1, -0.05) is 24.3 Å². The van der Waals surface area contributed by atoms with Gasteiger partial charge in [-0.3, -0.25) is 14.4 Å². The summed E-state index contributed by atoms with van der Waals surface area (Å²) in [6.45, 7) is 5.10. The molecule has 282 valence electrons. The minimum absolute atomic E-state index is 0.0695. The Morgan fingerprint density at radius 3 is 2.42 bits per heavy atom. The van der Waals surface area contributed by atoms with E-state index < -0.39 is 23.6 Å². The van der Waals surface area contributed by atoms with E-state index in [1.165, 1.54) is 6.07 Å². The topological polar surface area (TPSA) is 117 Å². The molecule has 0 bridgehead atoms. The Bertz CT molecular complexity index is 2320. The van der Waals surface area contributed by atoms with Crippen molar-refractivity contribution in [1.82, 2.24) is 9.97 Å². The van der Waals surface area contributed by atoms with Crippen LogP contribution in [0.1, 0.15) is 60.1 Å². The number of ether oxygens (including phenoxy) is 1. The number of nitrogens with zero attached hydrogens (tertiary/aromatic N) is 4. The van der Waals surface area contributed by atoms with Gasteiger partial charge in [-0.2, -0.15) is 13.2 Å². The molecule has 5 aromatic rings. The average molecular weight is 771 g/mol. The third kappa shape index (κ3) is 7.05. The standard InChI is InChI=1S/C40H34F4N6O4S/c1-23-19-28(35(45-20-23)49-21-39(22-49)14-17-54-18-15-39)36(51)46-25-11-9-24(10-12-25)38(53)50-16-13-27-32(41)34(55-33(27)26-5-2-3-6-29(26)50)37(52)48-31-8-4-7-30(47-31)40(42,43)44/h2-12,19-20H,13-18,21-22H2,1H3,(H,46,51)(H,47,48,52). The molecule has 0 atom stereocenters. The fourth-order valence-electron chi connectivity index (χ4n) is 7.39. The van der Waals surface area contributed by atoms with Crippen molar-refractivity contribution in [2.24, 2.45) is 5.41 Å². The molecule has 3 aliphatic rings. The molecule has 0 saturated carbocycles. The van der Waals surface area contributed by atoms with E-state index in [1.807, 2.05) is 13.0 Å². The highest BCUT2D eigenvalue weighted by molar-refractivity contribution is 7.17. The van der Waals surface area contributed by atoms with E-state index in [9.17, 15) is 27.6 Å². The number of thiophene rings is 1. The number of aromatic nitrogens is 2. The van der Waals surface area contributed by atoms with Crippen LogP contribution in [0.3, 0.4) is 0 Å². The monoisotopic (exact) mass is 770 g/mol. The fourth-order valence-corrected chi connectivity index (χ4v) is 8.55. The Morgan fingerprint density at radius 2 is 1.67 bits per heavy atom. The van der Waals surface area contributed by atoms with E-state index >= 15 is 4.39 Å². The number of alkyl halides is 3. The number of rotatable bonds is 6. The van der Waals surface area contributed by atoms with Crippen molar-refractivity contribution in [2.75, 3.05) is 53.3 Å². The number of carbonyl (C=O) groups excluding carboxylic acids is 3. The summed E-state index contributed by atoms with van der Waals surface area (Å²) in [5, 5.41) is 5.23. The number of benzene rings is 2. The second kappa shape index (κ2) is 14.2. The summed E-state index contributed by atoms with van der Waals surface area (Å²) < 4.78 is 61.0. The molecule has 0 radical (unpaired) electrons. The molecule has 6 heterocycles. The molecular weight excluding hydrogens is 737 g/mol. The van der Waals surface area contributed by atoms with E-state index in [-0.39, 0.29) is 46.5 Å². The van der Waals surface area contributed by atoms with Crippen LogP contribution < -0.4 is 20.4 Å². The summed E-state index contributed by atoms with van der Waals surface area (Å²) in [6.07, 6.45) is -0.911. The van der Waals surface area contributed by atoms with Crippen LogP contribution in [0.25, 0.3) is 10.4 Å². The zero-order valence-electron chi connectivity index (χ0n) is 29.5. The van der Waals surface area contributed by atoms with Crippen LogP contribution >= 0.6 is 11.3 Å². The number of carbonyl (C=O) groups is 3. The Balaban J connectivity index is 0.981. The lowest BCUT2D eigenvalue weighted by molar-refractivity contribution is -0.141. The van der Waals surface area contributed by atoms with Crippen molar-refractivity contribution in [2.45, 2.75) is 32.4 Å². The number of anilines is 4. The van der Waals surface area contributed by atoms with Crippen molar-refractivity contribution in [1.29, 1.82) is 0 Å². The van der Waals surface area contributed by atoms with Gasteiger partial charge in [0.2, 0.25) is 0 Å². The van der Waals surface area contributed by atoms with Crippen LogP contribution in [0, 0.1) is 18.2 Å². The van der Waals surface area contributed by atoms with Crippen LogP contribution in [-0.4, -0.2) is 60.5 Å². The van der Waals surface area contributed by atoms with Gasteiger partial charge in [0.1, 0.15) is 22.2 Å². The van der Waals surface area contributed by atoms with Gasteiger partial charge in [-0.15, -0.1) is 11.3 Å². The Labute approximate surface area is 317 Å². The van der Waals surface area contributed by atoms with E-state index in [0.717, 1.165) is 68.2 Å². The lowest BCUT2D eigenvalue weighted by Gasteiger charge is -2.53. The van der Waals surface area contributed by atoms with E-state index in [4.69, 9.17) is 4.74 Å². The maximum Gasteiger partial charge on any atom is 0.433 e. The van der Waals surface area contributed by atoms with Gasteiger partial charge in [-0.25, -0.2) is 14.4 Å². The van der Waals surface area contributed by atoms with Crippen molar-refractivity contribution in [3.05, 3.63) is 118 Å². The van der Waals surface area contributed by atoms with Crippen molar-refractivity contribution in [3.8, 4) is 10.4 Å². The van der Waals surface area contributed by atoms with Crippen LogP contribution in [0.5, 0.6) is 0 Å². The Hall–Kier alpha value is -5.67. The minimum Gasteiger partial charge on any atom is -0.381 e. The molecule has 2 fully saturated rings. The second-order valence-corrected chi connectivity index (χ2v) is 15.0. The smallest absolute Gasteiger partial charge is 0.381 e. The first-order valence-corrected chi connectivity index (χ1v) is 18.5. The zero-order chi connectivity index (χ0) is 38.5. The summed E-state index contributed by atoms with van der Waals surface area (Å²) >= 11 is 0.857. The number of nitrogens with one attached hydrogen (secondary N) is 2. The number of fused-ring (bicyclic) bond motifs is 3. The first-order chi connectivity index (χ1) is 26.4. The fraction of sp³-hybridized carbons (Fsp3) is 0.275. The maximum absolute atomic E-state index is 15.9. The van der Waals surface area contributed by atoms with Crippen molar-refractivity contribution >= 4 is 52.1 Å². The van der Waals surface area contributed by atoms with Crippen LogP contribution in [0.4, 0.5) is 40.6 Å². The van der Waals surface area contributed by atoms with E-state index in [1.54, 1.807) is 59.6 Å². The van der Waals surface area contributed by atoms with Crippen LogP contribution in [-0.2, 0) is 17.3 Å². The third-order valence-corrected chi connectivity index (χ3v) is 11.5. The Kier molecular flexibility index (Phi) is 9.37. The molecule has 10 nitrogen and oxygen atoms in total. The lowest BCUT2D eigenvalue weighted by atomic mass is 9.73. The Morgan fingerprint density at radius 1 is 0.927 bits per heavy atom. The summed E-state index contributed by atoms with van der Waals surface area (Å²) in [7, 11) is 0. The van der Waals surface area contributed by atoms with Gasteiger partial charge in [0.25, 0.3) is 17.7 Å². The van der Waals surface area contributed by atoms with Crippen LogP contribution in [0.15, 0.2) is 79.0 Å². The molecule has 2 aromatic carbocycles. The predicted molar refractivity (Wildman–Crippen MR) is 200 cm³/mol. The van der Waals surface area contributed by atoms with Gasteiger partial charge in [0, 0.05) is 71.7 Å². The molecule has 0 unspecified atom stereocenters. The molecule has 15 heteroatoms. The molecule has 3 aliphatic heterocycles. The largest absolute Gasteiger partial charge is 0.433 e. The van der Waals surface area contributed by atoms with Gasteiger partial charge in [0.15, 0.2) is 5.82 Å². The van der Waals surface area contributed by atoms with Gasteiger partial charge in [-0.05, 0) is 80.3 Å². The van der Waals surface area contributed by atoms with Crippen molar-refractivity contribution in [3.63, 3.8) is 0 Å². The molecule has 0 aliphatic carbocycles. The van der Waals surface area contributed by atoms with Gasteiger partial charge in [0.05, 0.1) is 11.3 Å².